The maximum Gasteiger partial charge on any atom is 0.249 e. The Morgan fingerprint density at radius 3 is 2.57 bits per heavy atom. The van der Waals surface area contributed by atoms with Crippen LogP contribution in [0.4, 0.5) is 0 Å². The highest BCUT2D eigenvalue weighted by Gasteiger charge is 2.10. The van der Waals surface area contributed by atoms with Crippen molar-refractivity contribution in [3.63, 3.8) is 0 Å². The van der Waals surface area contributed by atoms with Crippen molar-refractivity contribution in [3.05, 3.63) is 23.8 Å². The van der Waals surface area contributed by atoms with E-state index in [1.165, 1.54) is 20.4 Å². The fourth-order valence-electron chi connectivity index (χ4n) is 1.75. The zero-order valence-corrected chi connectivity index (χ0v) is 13.9. The van der Waals surface area contributed by atoms with Crippen molar-refractivity contribution in [2.45, 2.75) is 20.3 Å². The first-order valence-electron chi connectivity index (χ1n) is 7.27. The maximum atomic E-state index is 11.6. The van der Waals surface area contributed by atoms with E-state index in [0.717, 1.165) is 0 Å². The van der Waals surface area contributed by atoms with Crippen LogP contribution in [0, 0.1) is 5.92 Å². The molecule has 0 aliphatic heterocycles. The molecule has 0 bridgehead atoms. The minimum absolute atomic E-state index is 0.265. The van der Waals surface area contributed by atoms with Crippen molar-refractivity contribution in [2.24, 2.45) is 11.0 Å². The molecule has 0 atom stereocenters. The molecule has 1 rings (SSSR count). The summed E-state index contributed by atoms with van der Waals surface area (Å²) in [5, 5.41) is 6.50. The van der Waals surface area contributed by atoms with E-state index >= 15 is 0 Å². The van der Waals surface area contributed by atoms with Gasteiger partial charge in [0, 0.05) is 12.1 Å². The van der Waals surface area contributed by atoms with E-state index < -0.39 is 5.91 Å². The predicted octanol–water partition coefficient (Wildman–Crippen LogP) is 1.32. The lowest BCUT2D eigenvalue weighted by Crippen LogP contribution is -2.32. The fourth-order valence-corrected chi connectivity index (χ4v) is 1.75. The van der Waals surface area contributed by atoms with Gasteiger partial charge in [-0.1, -0.05) is 19.9 Å². The number of benzene rings is 1. The molecule has 0 unspecified atom stereocenters. The number of carbonyl (C=O) groups is 2. The van der Waals surface area contributed by atoms with Crippen LogP contribution in [0.25, 0.3) is 0 Å². The predicted molar refractivity (Wildman–Crippen MR) is 87.7 cm³/mol. The molecule has 7 nitrogen and oxygen atoms in total. The number of para-hydroxylation sites is 1. The van der Waals surface area contributed by atoms with Gasteiger partial charge in [-0.25, -0.2) is 5.43 Å². The van der Waals surface area contributed by atoms with Crippen LogP contribution < -0.4 is 20.2 Å². The van der Waals surface area contributed by atoms with Crippen LogP contribution in [0.15, 0.2) is 23.3 Å². The molecule has 23 heavy (non-hydrogen) atoms. The van der Waals surface area contributed by atoms with Crippen molar-refractivity contribution in [1.29, 1.82) is 0 Å². The molecule has 0 saturated carbocycles. The van der Waals surface area contributed by atoms with Crippen molar-refractivity contribution in [1.82, 2.24) is 10.7 Å². The molecule has 0 aromatic heterocycles. The van der Waals surface area contributed by atoms with E-state index in [2.05, 4.69) is 15.8 Å². The van der Waals surface area contributed by atoms with Crippen LogP contribution >= 0.6 is 0 Å². The molecule has 0 fully saturated rings. The normalized spacial score (nSPS) is 10.7. The molecular formula is C16H23N3O4. The van der Waals surface area contributed by atoms with Crippen molar-refractivity contribution < 1.29 is 19.1 Å². The Bertz CT molecular complexity index is 570. The second-order valence-electron chi connectivity index (χ2n) is 5.25. The Labute approximate surface area is 136 Å². The monoisotopic (exact) mass is 321 g/mol. The third-order valence-electron chi connectivity index (χ3n) is 2.85. The van der Waals surface area contributed by atoms with Crippen LogP contribution in [0.3, 0.4) is 0 Å². The highest BCUT2D eigenvalue weighted by Crippen LogP contribution is 2.29. The van der Waals surface area contributed by atoms with E-state index in [9.17, 15) is 9.59 Å². The van der Waals surface area contributed by atoms with Crippen LogP contribution in [0.5, 0.6) is 11.5 Å². The fraction of sp³-hybridized carbons (Fsp3) is 0.438. The Hall–Kier alpha value is -2.57. The minimum atomic E-state index is -0.482. The molecule has 0 saturated heterocycles. The summed E-state index contributed by atoms with van der Waals surface area (Å²) < 4.78 is 10.4. The SMILES string of the molecule is COc1cccc(/C=N/NC(=O)CC(=O)NCC(C)C)c1OC. The summed E-state index contributed by atoms with van der Waals surface area (Å²) in [5.74, 6) is 0.605. The summed E-state index contributed by atoms with van der Waals surface area (Å²) in [4.78, 5) is 23.1. The summed E-state index contributed by atoms with van der Waals surface area (Å²) in [6.07, 6.45) is 1.17. The van der Waals surface area contributed by atoms with Crippen molar-refractivity contribution >= 4 is 18.0 Å². The third-order valence-corrected chi connectivity index (χ3v) is 2.85. The van der Waals surface area contributed by atoms with E-state index in [1.807, 2.05) is 13.8 Å². The first-order valence-corrected chi connectivity index (χ1v) is 7.27. The zero-order chi connectivity index (χ0) is 17.2. The van der Waals surface area contributed by atoms with E-state index in [-0.39, 0.29) is 12.3 Å². The second-order valence-corrected chi connectivity index (χ2v) is 5.25. The number of methoxy groups -OCH3 is 2. The Morgan fingerprint density at radius 1 is 1.22 bits per heavy atom. The molecular weight excluding hydrogens is 298 g/mol. The average molecular weight is 321 g/mol. The van der Waals surface area contributed by atoms with Crippen molar-refractivity contribution in [2.75, 3.05) is 20.8 Å². The topological polar surface area (TPSA) is 89.0 Å². The van der Waals surface area contributed by atoms with Crippen LogP contribution in [-0.4, -0.2) is 38.8 Å². The summed E-state index contributed by atoms with van der Waals surface area (Å²) >= 11 is 0. The average Bonchev–Trinajstić information content (AvgIpc) is 2.52. The molecule has 0 aliphatic carbocycles. The number of nitrogens with one attached hydrogen (secondary N) is 2. The molecule has 0 spiro atoms. The van der Waals surface area contributed by atoms with Crippen LogP contribution in [0.1, 0.15) is 25.8 Å². The number of rotatable bonds is 8. The maximum absolute atomic E-state index is 11.6. The third kappa shape index (κ3) is 6.37. The summed E-state index contributed by atoms with van der Waals surface area (Å²) in [6.45, 7) is 4.49. The molecule has 126 valence electrons. The standard InChI is InChI=1S/C16H23N3O4/c1-11(2)9-17-14(20)8-15(21)19-18-10-12-6-5-7-13(22-3)16(12)23-4/h5-7,10-11H,8-9H2,1-4H3,(H,17,20)(H,19,21)/b18-10+. The Kier molecular flexibility index (Phi) is 7.59. The molecule has 1 aromatic rings. The minimum Gasteiger partial charge on any atom is -0.493 e. The number of carbonyl (C=O) groups excluding carboxylic acids is 2. The van der Waals surface area contributed by atoms with Gasteiger partial charge >= 0.3 is 0 Å². The number of hydrogen-bond acceptors (Lipinski definition) is 5. The summed E-state index contributed by atoms with van der Waals surface area (Å²) in [5.41, 5.74) is 2.96. The molecule has 2 N–H and O–H groups in total. The number of ether oxygens (including phenoxy) is 2. The van der Waals surface area contributed by atoms with E-state index in [4.69, 9.17) is 9.47 Å². The molecule has 0 radical (unpaired) electrons. The lowest BCUT2D eigenvalue weighted by atomic mass is 10.2. The molecule has 2 amide bonds. The first kappa shape index (κ1) is 18.5. The van der Waals surface area contributed by atoms with Crippen LogP contribution in [0.2, 0.25) is 0 Å². The lowest BCUT2D eigenvalue weighted by molar-refractivity contribution is -0.129. The summed E-state index contributed by atoms with van der Waals surface area (Å²) in [7, 11) is 3.06. The van der Waals surface area contributed by atoms with E-state index in [0.29, 0.717) is 29.5 Å². The largest absolute Gasteiger partial charge is 0.493 e. The van der Waals surface area contributed by atoms with Gasteiger partial charge in [0.05, 0.1) is 20.4 Å². The van der Waals surface area contributed by atoms with Crippen molar-refractivity contribution in [3.8, 4) is 11.5 Å². The van der Waals surface area contributed by atoms with Gasteiger partial charge < -0.3 is 14.8 Å². The van der Waals surface area contributed by atoms with Crippen LogP contribution in [-0.2, 0) is 9.59 Å². The first-order chi connectivity index (χ1) is 11.0. The number of nitrogens with zero attached hydrogens (tertiary/aromatic N) is 1. The van der Waals surface area contributed by atoms with Gasteiger partial charge in [0.1, 0.15) is 6.42 Å². The number of hydrazone groups is 1. The molecule has 7 heteroatoms. The summed E-state index contributed by atoms with van der Waals surface area (Å²) in [6, 6.07) is 5.31. The second kappa shape index (κ2) is 9.45. The smallest absolute Gasteiger partial charge is 0.249 e. The van der Waals surface area contributed by atoms with Gasteiger partial charge in [-0.2, -0.15) is 5.10 Å². The molecule has 0 heterocycles. The highest BCUT2D eigenvalue weighted by atomic mass is 16.5. The van der Waals surface area contributed by atoms with Gasteiger partial charge in [0.15, 0.2) is 11.5 Å². The number of amides is 2. The van der Waals surface area contributed by atoms with Gasteiger partial charge in [0.2, 0.25) is 11.8 Å². The lowest BCUT2D eigenvalue weighted by Gasteiger charge is -2.09. The molecule has 0 aliphatic rings. The van der Waals surface area contributed by atoms with Gasteiger partial charge in [-0.05, 0) is 18.1 Å². The Morgan fingerprint density at radius 2 is 1.96 bits per heavy atom. The van der Waals surface area contributed by atoms with E-state index in [1.54, 1.807) is 18.2 Å². The zero-order valence-electron chi connectivity index (χ0n) is 13.9. The van der Waals surface area contributed by atoms with Gasteiger partial charge in [-0.3, -0.25) is 9.59 Å². The van der Waals surface area contributed by atoms with Gasteiger partial charge in [0.25, 0.3) is 0 Å². The molecule has 1 aromatic carbocycles. The highest BCUT2D eigenvalue weighted by molar-refractivity contribution is 5.97. The van der Waals surface area contributed by atoms with Gasteiger partial charge in [-0.15, -0.1) is 0 Å². The quantitative estimate of drug-likeness (QED) is 0.429. The number of hydrogen-bond donors (Lipinski definition) is 2. The Balaban J connectivity index is 2.56.